The molecular weight excluding hydrogens is 316 g/mol. The average Bonchev–Trinajstić information content (AvgIpc) is 3.03. The topological polar surface area (TPSA) is 95.4 Å². The summed E-state index contributed by atoms with van der Waals surface area (Å²) in [7, 11) is 0. The highest BCUT2D eigenvalue weighted by atomic mass is 32.1. The van der Waals surface area contributed by atoms with Gasteiger partial charge in [-0.05, 0) is 31.4 Å². The smallest absolute Gasteiger partial charge is 0.326 e. The summed E-state index contributed by atoms with van der Waals surface area (Å²) in [6.07, 6.45) is 3.79. The molecule has 1 atom stereocenters. The predicted molar refractivity (Wildman–Crippen MR) is 85.9 cm³/mol. The van der Waals surface area contributed by atoms with Crippen LogP contribution in [0.1, 0.15) is 29.8 Å². The third kappa shape index (κ3) is 3.48. The van der Waals surface area contributed by atoms with Crippen LogP contribution < -0.4 is 5.32 Å². The lowest BCUT2D eigenvalue weighted by molar-refractivity contribution is -0.143. The number of pyridine rings is 1. The minimum absolute atomic E-state index is 0.265. The number of carboxylic acids is 1. The van der Waals surface area contributed by atoms with Crippen LogP contribution in [0.2, 0.25) is 0 Å². The van der Waals surface area contributed by atoms with Crippen LogP contribution in [-0.2, 0) is 4.79 Å². The monoisotopic (exact) mass is 332 g/mol. The van der Waals surface area contributed by atoms with Gasteiger partial charge in [-0.3, -0.25) is 4.79 Å². The molecule has 1 saturated heterocycles. The zero-order valence-electron chi connectivity index (χ0n) is 12.3. The number of thiazole rings is 1. The van der Waals surface area contributed by atoms with E-state index in [1.165, 1.54) is 16.2 Å². The highest BCUT2D eigenvalue weighted by Gasteiger charge is 2.33. The van der Waals surface area contributed by atoms with Crippen molar-refractivity contribution < 1.29 is 14.7 Å². The van der Waals surface area contributed by atoms with Gasteiger partial charge in [0.15, 0.2) is 5.13 Å². The van der Waals surface area contributed by atoms with Gasteiger partial charge in [-0.1, -0.05) is 6.07 Å². The van der Waals surface area contributed by atoms with Crippen molar-refractivity contribution in [1.82, 2.24) is 14.9 Å². The summed E-state index contributed by atoms with van der Waals surface area (Å²) >= 11 is 1.29. The Kier molecular flexibility index (Phi) is 4.52. The van der Waals surface area contributed by atoms with Crippen molar-refractivity contribution in [2.45, 2.75) is 25.3 Å². The van der Waals surface area contributed by atoms with Crippen LogP contribution in [0, 0.1) is 0 Å². The number of nitrogens with one attached hydrogen (secondary N) is 1. The maximum absolute atomic E-state index is 12.5. The molecule has 23 heavy (non-hydrogen) atoms. The Morgan fingerprint density at radius 3 is 2.96 bits per heavy atom. The average molecular weight is 332 g/mol. The predicted octanol–water partition coefficient (Wildman–Crippen LogP) is 2.36. The van der Waals surface area contributed by atoms with Gasteiger partial charge >= 0.3 is 5.97 Å². The minimum Gasteiger partial charge on any atom is -0.480 e. The number of anilines is 2. The van der Waals surface area contributed by atoms with Crippen molar-refractivity contribution in [2.24, 2.45) is 0 Å². The lowest BCUT2D eigenvalue weighted by Crippen LogP contribution is -2.48. The summed E-state index contributed by atoms with van der Waals surface area (Å²) in [5.41, 5.74) is 0.265. The number of likely N-dealkylation sites (tertiary alicyclic amines) is 1. The third-order valence-electron chi connectivity index (χ3n) is 3.67. The third-order valence-corrected chi connectivity index (χ3v) is 4.43. The molecule has 1 amide bonds. The van der Waals surface area contributed by atoms with Crippen molar-refractivity contribution in [3.05, 3.63) is 35.5 Å². The number of nitrogens with zero attached hydrogens (tertiary/aromatic N) is 3. The summed E-state index contributed by atoms with van der Waals surface area (Å²) in [4.78, 5) is 33.7. The van der Waals surface area contributed by atoms with E-state index in [1.54, 1.807) is 17.6 Å². The Bertz CT molecular complexity index is 704. The lowest BCUT2D eigenvalue weighted by Gasteiger charge is -2.32. The quantitative estimate of drug-likeness (QED) is 0.892. The van der Waals surface area contributed by atoms with E-state index in [9.17, 15) is 14.7 Å². The number of aromatic nitrogens is 2. The molecule has 0 aliphatic carbocycles. The number of rotatable bonds is 4. The van der Waals surface area contributed by atoms with E-state index in [4.69, 9.17) is 0 Å². The van der Waals surface area contributed by atoms with Gasteiger partial charge in [-0.25, -0.2) is 14.8 Å². The van der Waals surface area contributed by atoms with Gasteiger partial charge in [0.25, 0.3) is 5.91 Å². The Balaban J connectivity index is 1.74. The molecule has 3 rings (SSSR count). The maximum atomic E-state index is 12.5. The van der Waals surface area contributed by atoms with E-state index in [2.05, 4.69) is 15.3 Å². The first-order valence-corrected chi connectivity index (χ1v) is 8.20. The molecule has 1 fully saturated rings. The number of aliphatic carboxylic acids is 1. The van der Waals surface area contributed by atoms with Crippen molar-refractivity contribution in [2.75, 3.05) is 11.9 Å². The van der Waals surface area contributed by atoms with E-state index in [1.807, 2.05) is 12.1 Å². The second-order valence-corrected chi connectivity index (χ2v) is 6.08. The zero-order valence-corrected chi connectivity index (χ0v) is 13.1. The molecule has 0 bridgehead atoms. The fourth-order valence-electron chi connectivity index (χ4n) is 2.55. The molecule has 120 valence electrons. The normalized spacial score (nSPS) is 17.7. The van der Waals surface area contributed by atoms with Crippen molar-refractivity contribution >= 4 is 34.2 Å². The van der Waals surface area contributed by atoms with Gasteiger partial charge in [0.1, 0.15) is 17.6 Å². The summed E-state index contributed by atoms with van der Waals surface area (Å²) < 4.78 is 0. The molecule has 0 saturated carbocycles. The molecule has 8 heteroatoms. The Labute approximate surface area is 137 Å². The number of piperidine rings is 1. The molecule has 0 spiro atoms. The van der Waals surface area contributed by atoms with Gasteiger partial charge < -0.3 is 15.3 Å². The van der Waals surface area contributed by atoms with Crippen LogP contribution in [0.4, 0.5) is 10.9 Å². The molecule has 2 N–H and O–H groups in total. The number of hydrogen-bond donors (Lipinski definition) is 2. The van der Waals surface area contributed by atoms with Crippen LogP contribution in [0.5, 0.6) is 0 Å². The van der Waals surface area contributed by atoms with Crippen molar-refractivity contribution in [3.8, 4) is 0 Å². The molecule has 1 aliphatic heterocycles. The number of amides is 1. The van der Waals surface area contributed by atoms with E-state index in [0.29, 0.717) is 23.9 Å². The molecule has 2 aromatic rings. The van der Waals surface area contributed by atoms with Crippen molar-refractivity contribution in [1.29, 1.82) is 0 Å². The Hall–Kier alpha value is -2.48. The van der Waals surface area contributed by atoms with Crippen LogP contribution >= 0.6 is 11.3 Å². The van der Waals surface area contributed by atoms with Crippen LogP contribution in [0.25, 0.3) is 0 Å². The second-order valence-electron chi connectivity index (χ2n) is 5.23. The van der Waals surface area contributed by atoms with E-state index in [0.717, 1.165) is 12.8 Å². The standard InChI is InChI=1S/C15H16N4O3S/c20-13(19-8-4-2-5-11(19)14(21)22)10-9-23-15(17-10)18-12-6-1-3-7-16-12/h1,3,6-7,9,11H,2,4-5,8H2,(H,21,22)(H,16,17,18). The van der Waals surface area contributed by atoms with Gasteiger partial charge in [-0.2, -0.15) is 0 Å². The van der Waals surface area contributed by atoms with Crippen LogP contribution in [-0.4, -0.2) is 44.4 Å². The van der Waals surface area contributed by atoms with Crippen LogP contribution in [0.3, 0.4) is 0 Å². The maximum Gasteiger partial charge on any atom is 0.326 e. The van der Waals surface area contributed by atoms with E-state index in [-0.39, 0.29) is 11.6 Å². The molecule has 3 heterocycles. The SMILES string of the molecule is O=C(O)C1CCCCN1C(=O)c1csc(Nc2ccccn2)n1. The zero-order chi connectivity index (χ0) is 16.2. The molecule has 1 aliphatic rings. The largest absolute Gasteiger partial charge is 0.480 e. The molecule has 0 radical (unpaired) electrons. The second kappa shape index (κ2) is 6.74. The highest BCUT2D eigenvalue weighted by Crippen LogP contribution is 2.23. The van der Waals surface area contributed by atoms with Gasteiger partial charge in [0.05, 0.1) is 0 Å². The van der Waals surface area contributed by atoms with E-state index < -0.39 is 12.0 Å². The van der Waals surface area contributed by atoms with Gasteiger partial charge in [0.2, 0.25) is 0 Å². The first-order valence-electron chi connectivity index (χ1n) is 7.32. The number of carbonyl (C=O) groups is 2. The molecule has 7 nitrogen and oxygen atoms in total. The molecule has 0 aromatic carbocycles. The molecule has 1 unspecified atom stereocenters. The van der Waals surface area contributed by atoms with Gasteiger partial charge in [-0.15, -0.1) is 11.3 Å². The summed E-state index contributed by atoms with van der Waals surface area (Å²) in [6.45, 7) is 0.455. The Morgan fingerprint density at radius 2 is 2.22 bits per heavy atom. The Morgan fingerprint density at radius 1 is 1.35 bits per heavy atom. The highest BCUT2D eigenvalue weighted by molar-refractivity contribution is 7.14. The summed E-state index contributed by atoms with van der Waals surface area (Å²) in [5, 5.41) is 14.5. The van der Waals surface area contributed by atoms with Crippen molar-refractivity contribution in [3.63, 3.8) is 0 Å². The first-order chi connectivity index (χ1) is 11.1. The summed E-state index contributed by atoms with van der Waals surface area (Å²) in [6, 6.07) is 4.70. The number of carboxylic acid groups (broad SMARTS) is 1. The molecule has 2 aromatic heterocycles. The summed E-state index contributed by atoms with van der Waals surface area (Å²) in [5.74, 6) is -0.648. The fourth-order valence-corrected chi connectivity index (χ4v) is 3.25. The van der Waals surface area contributed by atoms with E-state index >= 15 is 0 Å². The fraction of sp³-hybridized carbons (Fsp3) is 0.333. The lowest BCUT2D eigenvalue weighted by atomic mass is 10.0. The van der Waals surface area contributed by atoms with Crippen LogP contribution in [0.15, 0.2) is 29.8 Å². The molecular formula is C15H16N4O3S. The van der Waals surface area contributed by atoms with Gasteiger partial charge in [0, 0.05) is 18.1 Å². The first kappa shape index (κ1) is 15.4. The number of hydrogen-bond acceptors (Lipinski definition) is 6. The number of carbonyl (C=O) groups excluding carboxylic acids is 1. The minimum atomic E-state index is -0.958.